The van der Waals surface area contributed by atoms with Crippen LogP contribution in [0.25, 0.3) is 22.5 Å². The summed E-state index contributed by atoms with van der Waals surface area (Å²) < 4.78 is 5.32. The topological polar surface area (TPSA) is 110 Å². The van der Waals surface area contributed by atoms with Crippen molar-refractivity contribution in [2.75, 3.05) is 24.5 Å². The standard InChI is InChI=1S/C17H17N7O2/c1-10-15(11(2)26-23-10)16-12(13-8-18-3-4-19-13)7-21-17(22-16)24-6-5-20-14(25)9-24/h3-4,7-8H,5-6,9H2,1-2H3,(H,20,25). The molecule has 1 aliphatic rings. The molecule has 0 unspecified atom stereocenters. The number of hydrogen-bond donors (Lipinski definition) is 1. The third kappa shape index (κ3) is 2.87. The van der Waals surface area contributed by atoms with Gasteiger partial charge in [-0.1, -0.05) is 5.16 Å². The molecule has 3 aromatic rings. The minimum Gasteiger partial charge on any atom is -0.361 e. The van der Waals surface area contributed by atoms with Gasteiger partial charge in [0.05, 0.1) is 35.4 Å². The highest BCUT2D eigenvalue weighted by atomic mass is 16.5. The number of piperazine rings is 1. The van der Waals surface area contributed by atoms with Crippen molar-refractivity contribution in [3.8, 4) is 22.5 Å². The van der Waals surface area contributed by atoms with Crippen molar-refractivity contribution < 1.29 is 9.32 Å². The maximum atomic E-state index is 11.7. The Hall–Kier alpha value is -3.36. The number of anilines is 1. The number of aromatic nitrogens is 5. The van der Waals surface area contributed by atoms with Gasteiger partial charge in [0.2, 0.25) is 11.9 Å². The number of amides is 1. The Morgan fingerprint density at radius 2 is 2.08 bits per heavy atom. The van der Waals surface area contributed by atoms with Crippen LogP contribution in [0, 0.1) is 13.8 Å². The van der Waals surface area contributed by atoms with E-state index in [1.165, 1.54) is 0 Å². The van der Waals surface area contributed by atoms with Crippen LogP contribution in [-0.4, -0.2) is 50.6 Å². The predicted molar refractivity (Wildman–Crippen MR) is 93.3 cm³/mol. The van der Waals surface area contributed by atoms with Gasteiger partial charge in [-0.2, -0.15) is 0 Å². The molecular weight excluding hydrogens is 334 g/mol. The van der Waals surface area contributed by atoms with Crippen molar-refractivity contribution in [2.24, 2.45) is 0 Å². The molecule has 0 aromatic carbocycles. The number of carbonyl (C=O) groups is 1. The normalized spacial score (nSPS) is 14.4. The zero-order valence-corrected chi connectivity index (χ0v) is 14.4. The van der Waals surface area contributed by atoms with Gasteiger partial charge < -0.3 is 14.7 Å². The molecule has 4 heterocycles. The molecule has 9 nitrogen and oxygen atoms in total. The lowest BCUT2D eigenvalue weighted by atomic mass is 10.0. The summed E-state index contributed by atoms with van der Waals surface area (Å²) in [5.41, 5.74) is 3.59. The van der Waals surface area contributed by atoms with Crippen LogP contribution in [0.1, 0.15) is 11.5 Å². The largest absolute Gasteiger partial charge is 0.361 e. The molecule has 1 aliphatic heterocycles. The van der Waals surface area contributed by atoms with E-state index < -0.39 is 0 Å². The van der Waals surface area contributed by atoms with E-state index in [0.29, 0.717) is 36.2 Å². The zero-order chi connectivity index (χ0) is 18.1. The highest BCUT2D eigenvalue weighted by molar-refractivity contribution is 5.83. The van der Waals surface area contributed by atoms with Gasteiger partial charge in [-0.05, 0) is 13.8 Å². The fraction of sp³-hybridized carbons (Fsp3) is 0.294. The Morgan fingerprint density at radius 3 is 2.77 bits per heavy atom. The van der Waals surface area contributed by atoms with E-state index in [-0.39, 0.29) is 12.5 Å². The monoisotopic (exact) mass is 351 g/mol. The van der Waals surface area contributed by atoms with Gasteiger partial charge in [0.15, 0.2) is 0 Å². The number of rotatable bonds is 3. The van der Waals surface area contributed by atoms with Crippen molar-refractivity contribution in [3.05, 3.63) is 36.2 Å². The number of carbonyl (C=O) groups excluding carboxylic acids is 1. The molecule has 0 atom stereocenters. The first-order chi connectivity index (χ1) is 12.6. The first-order valence-electron chi connectivity index (χ1n) is 8.22. The molecule has 0 aliphatic carbocycles. The molecular formula is C17H17N7O2. The maximum Gasteiger partial charge on any atom is 0.239 e. The number of hydrogen-bond acceptors (Lipinski definition) is 8. The second kappa shape index (κ2) is 6.51. The first kappa shape index (κ1) is 16.1. The molecule has 1 amide bonds. The zero-order valence-electron chi connectivity index (χ0n) is 14.4. The van der Waals surface area contributed by atoms with E-state index in [4.69, 9.17) is 9.51 Å². The number of aryl methyl sites for hydroxylation is 2. The van der Waals surface area contributed by atoms with Gasteiger partial charge in [0, 0.05) is 37.2 Å². The van der Waals surface area contributed by atoms with Gasteiger partial charge in [-0.3, -0.25) is 14.8 Å². The predicted octanol–water partition coefficient (Wildman–Crippen LogP) is 1.14. The SMILES string of the molecule is Cc1noc(C)c1-c1nc(N2CCNC(=O)C2)ncc1-c1cnccn1. The van der Waals surface area contributed by atoms with Gasteiger partial charge in [0.1, 0.15) is 5.76 Å². The summed E-state index contributed by atoms with van der Waals surface area (Å²) in [6.07, 6.45) is 6.60. The quantitative estimate of drug-likeness (QED) is 0.748. The van der Waals surface area contributed by atoms with E-state index in [0.717, 1.165) is 16.8 Å². The average molecular weight is 351 g/mol. The highest BCUT2D eigenvalue weighted by Crippen LogP contribution is 2.34. The van der Waals surface area contributed by atoms with Crippen LogP contribution < -0.4 is 10.2 Å². The van der Waals surface area contributed by atoms with Crippen molar-refractivity contribution in [1.82, 2.24) is 30.4 Å². The molecule has 1 saturated heterocycles. The second-order valence-electron chi connectivity index (χ2n) is 5.99. The van der Waals surface area contributed by atoms with Crippen LogP contribution in [0.3, 0.4) is 0 Å². The molecule has 0 spiro atoms. The lowest BCUT2D eigenvalue weighted by molar-refractivity contribution is -0.120. The molecule has 1 fully saturated rings. The van der Waals surface area contributed by atoms with E-state index in [1.54, 1.807) is 24.8 Å². The van der Waals surface area contributed by atoms with Crippen molar-refractivity contribution >= 4 is 11.9 Å². The summed E-state index contributed by atoms with van der Waals surface area (Å²) in [4.78, 5) is 31.2. The second-order valence-corrected chi connectivity index (χ2v) is 5.99. The summed E-state index contributed by atoms with van der Waals surface area (Å²) >= 11 is 0. The van der Waals surface area contributed by atoms with Gasteiger partial charge in [-0.15, -0.1) is 0 Å². The molecule has 4 rings (SSSR count). The fourth-order valence-corrected chi connectivity index (χ4v) is 2.97. The van der Waals surface area contributed by atoms with Crippen LogP contribution >= 0.6 is 0 Å². The Labute approximate surface area is 149 Å². The van der Waals surface area contributed by atoms with Crippen molar-refractivity contribution in [3.63, 3.8) is 0 Å². The van der Waals surface area contributed by atoms with Crippen LogP contribution in [0.15, 0.2) is 29.3 Å². The molecule has 0 saturated carbocycles. The van der Waals surface area contributed by atoms with Crippen LogP contribution in [0.5, 0.6) is 0 Å². The van der Waals surface area contributed by atoms with E-state index in [9.17, 15) is 4.79 Å². The maximum absolute atomic E-state index is 11.7. The van der Waals surface area contributed by atoms with Crippen molar-refractivity contribution in [2.45, 2.75) is 13.8 Å². The summed E-state index contributed by atoms with van der Waals surface area (Å²) in [7, 11) is 0. The molecule has 0 bridgehead atoms. The summed E-state index contributed by atoms with van der Waals surface area (Å²) in [5.74, 6) is 1.10. The Morgan fingerprint density at radius 1 is 1.19 bits per heavy atom. The van der Waals surface area contributed by atoms with E-state index >= 15 is 0 Å². The molecule has 0 radical (unpaired) electrons. The van der Waals surface area contributed by atoms with Gasteiger partial charge in [0.25, 0.3) is 0 Å². The third-order valence-corrected chi connectivity index (χ3v) is 4.21. The number of nitrogens with one attached hydrogen (secondary N) is 1. The van der Waals surface area contributed by atoms with Crippen molar-refractivity contribution in [1.29, 1.82) is 0 Å². The fourth-order valence-electron chi connectivity index (χ4n) is 2.97. The highest BCUT2D eigenvalue weighted by Gasteiger charge is 2.23. The van der Waals surface area contributed by atoms with Gasteiger partial charge >= 0.3 is 0 Å². The van der Waals surface area contributed by atoms with Crippen LogP contribution in [-0.2, 0) is 4.79 Å². The van der Waals surface area contributed by atoms with E-state index in [2.05, 4.69) is 25.4 Å². The van der Waals surface area contributed by atoms with Crippen LogP contribution in [0.2, 0.25) is 0 Å². The number of nitrogens with zero attached hydrogens (tertiary/aromatic N) is 6. The molecule has 132 valence electrons. The molecule has 1 N–H and O–H groups in total. The summed E-state index contributed by atoms with van der Waals surface area (Å²) in [6.45, 7) is 5.14. The Balaban J connectivity index is 1.87. The molecule has 9 heteroatoms. The lowest BCUT2D eigenvalue weighted by Gasteiger charge is -2.27. The summed E-state index contributed by atoms with van der Waals surface area (Å²) in [5, 5.41) is 6.83. The third-order valence-electron chi connectivity index (χ3n) is 4.21. The molecule has 26 heavy (non-hydrogen) atoms. The summed E-state index contributed by atoms with van der Waals surface area (Å²) in [6, 6.07) is 0. The Kier molecular flexibility index (Phi) is 4.04. The Bertz CT molecular complexity index is 936. The van der Waals surface area contributed by atoms with Crippen LogP contribution in [0.4, 0.5) is 5.95 Å². The molecule has 3 aromatic heterocycles. The lowest BCUT2D eigenvalue weighted by Crippen LogP contribution is -2.48. The average Bonchev–Trinajstić information content (AvgIpc) is 3.00. The minimum absolute atomic E-state index is 0.0447. The van der Waals surface area contributed by atoms with E-state index in [1.807, 2.05) is 18.7 Å². The van der Waals surface area contributed by atoms with Gasteiger partial charge in [-0.25, -0.2) is 9.97 Å². The first-order valence-corrected chi connectivity index (χ1v) is 8.22. The minimum atomic E-state index is -0.0447. The smallest absolute Gasteiger partial charge is 0.239 e.